The third-order valence-corrected chi connectivity index (χ3v) is 4.15. The van der Waals surface area contributed by atoms with E-state index in [0.29, 0.717) is 12.0 Å². The van der Waals surface area contributed by atoms with E-state index in [0.717, 1.165) is 18.4 Å². The molecular weight excluding hydrogens is 256 g/mol. The average molecular weight is 273 g/mol. The Hall–Kier alpha value is -1.74. The first kappa shape index (κ1) is 13.3. The Kier molecular flexibility index (Phi) is 3.53. The first-order valence-corrected chi connectivity index (χ1v) is 6.89. The second-order valence-corrected chi connectivity index (χ2v) is 5.36. The van der Waals surface area contributed by atoms with Crippen LogP contribution >= 0.6 is 0 Å². The summed E-state index contributed by atoms with van der Waals surface area (Å²) in [6.07, 6.45) is 1.74. The van der Waals surface area contributed by atoms with Crippen molar-refractivity contribution >= 4 is 0 Å². The van der Waals surface area contributed by atoms with Gasteiger partial charge in [0.05, 0.1) is 0 Å². The van der Waals surface area contributed by atoms with E-state index in [4.69, 9.17) is 0 Å². The van der Waals surface area contributed by atoms with Gasteiger partial charge in [-0.2, -0.15) is 0 Å². The van der Waals surface area contributed by atoms with Crippen molar-refractivity contribution in [3.8, 4) is 0 Å². The lowest BCUT2D eigenvalue weighted by molar-refractivity contribution is 0.503. The van der Waals surface area contributed by atoms with Crippen LogP contribution in [0.5, 0.6) is 0 Å². The lowest BCUT2D eigenvalue weighted by Gasteiger charge is -2.12. The van der Waals surface area contributed by atoms with Gasteiger partial charge in [0, 0.05) is 6.04 Å². The Bertz CT molecular complexity index is 624. The zero-order valence-corrected chi connectivity index (χ0v) is 11.4. The summed E-state index contributed by atoms with van der Waals surface area (Å²) in [7, 11) is 1.96. The predicted octanol–water partition coefficient (Wildman–Crippen LogP) is 3.96. The summed E-state index contributed by atoms with van der Waals surface area (Å²) in [5.41, 5.74) is 3.49. The summed E-state index contributed by atoms with van der Waals surface area (Å²) in [5, 5.41) is 3.32. The van der Waals surface area contributed by atoms with E-state index < -0.39 is 11.6 Å². The molecule has 1 N–H and O–H groups in total. The molecule has 20 heavy (non-hydrogen) atoms. The maximum atomic E-state index is 13.3. The summed E-state index contributed by atoms with van der Waals surface area (Å²) in [4.78, 5) is 0. The van der Waals surface area contributed by atoms with Crippen LogP contribution in [0.2, 0.25) is 0 Å². The van der Waals surface area contributed by atoms with Crippen LogP contribution in [-0.2, 0) is 6.42 Å². The minimum Gasteiger partial charge on any atom is -0.313 e. The molecule has 3 rings (SSSR count). The van der Waals surface area contributed by atoms with Gasteiger partial charge in [-0.3, -0.25) is 0 Å². The normalized spacial score (nSPS) is 20.9. The smallest absolute Gasteiger partial charge is 0.159 e. The Balaban J connectivity index is 1.87. The Morgan fingerprint density at radius 2 is 1.80 bits per heavy atom. The van der Waals surface area contributed by atoms with E-state index in [-0.39, 0.29) is 0 Å². The van der Waals surface area contributed by atoms with Gasteiger partial charge < -0.3 is 5.32 Å². The van der Waals surface area contributed by atoms with Gasteiger partial charge in [0.25, 0.3) is 0 Å². The Labute approximate surface area is 117 Å². The van der Waals surface area contributed by atoms with Crippen molar-refractivity contribution in [3.63, 3.8) is 0 Å². The highest BCUT2D eigenvalue weighted by Crippen LogP contribution is 2.41. The average Bonchev–Trinajstić information content (AvgIpc) is 2.81. The molecule has 2 aromatic rings. The van der Waals surface area contributed by atoms with Crippen LogP contribution in [0.15, 0.2) is 42.5 Å². The molecular formula is C17H17F2N. The highest BCUT2D eigenvalue weighted by Gasteiger charge is 2.29. The van der Waals surface area contributed by atoms with Crippen molar-refractivity contribution in [2.75, 3.05) is 7.05 Å². The fourth-order valence-electron chi connectivity index (χ4n) is 3.16. The lowest BCUT2D eigenvalue weighted by Crippen LogP contribution is -2.13. The van der Waals surface area contributed by atoms with Gasteiger partial charge >= 0.3 is 0 Å². The molecule has 0 aromatic heterocycles. The fourth-order valence-corrected chi connectivity index (χ4v) is 3.16. The highest BCUT2D eigenvalue weighted by molar-refractivity contribution is 5.39. The van der Waals surface area contributed by atoms with Gasteiger partial charge in [-0.15, -0.1) is 0 Å². The zero-order chi connectivity index (χ0) is 14.1. The van der Waals surface area contributed by atoms with Crippen LogP contribution in [0.1, 0.15) is 35.1 Å². The molecule has 1 aliphatic rings. The third-order valence-electron chi connectivity index (χ3n) is 4.15. The van der Waals surface area contributed by atoms with Crippen LogP contribution in [0.3, 0.4) is 0 Å². The van der Waals surface area contributed by atoms with Crippen molar-refractivity contribution in [3.05, 3.63) is 70.8 Å². The van der Waals surface area contributed by atoms with Gasteiger partial charge in [-0.05, 0) is 54.6 Å². The summed E-state index contributed by atoms with van der Waals surface area (Å²) in [5.74, 6) is -1.19. The molecule has 3 heteroatoms. The number of hydrogen-bond donors (Lipinski definition) is 1. The summed E-state index contributed by atoms with van der Waals surface area (Å²) in [6.45, 7) is 0. The van der Waals surface area contributed by atoms with Crippen LogP contribution in [0.4, 0.5) is 8.78 Å². The third kappa shape index (κ3) is 2.34. The van der Waals surface area contributed by atoms with E-state index in [9.17, 15) is 8.78 Å². The molecule has 104 valence electrons. The molecule has 0 amide bonds. The monoisotopic (exact) mass is 273 g/mol. The molecule has 0 fully saturated rings. The number of rotatable bonds is 3. The second-order valence-electron chi connectivity index (χ2n) is 5.36. The molecule has 0 aliphatic heterocycles. The molecule has 0 saturated heterocycles. The first-order valence-electron chi connectivity index (χ1n) is 6.89. The molecule has 1 aliphatic carbocycles. The van der Waals surface area contributed by atoms with E-state index in [1.165, 1.54) is 23.3 Å². The molecule has 0 unspecified atom stereocenters. The molecule has 0 heterocycles. The topological polar surface area (TPSA) is 12.0 Å². The van der Waals surface area contributed by atoms with E-state index >= 15 is 0 Å². The van der Waals surface area contributed by atoms with Gasteiger partial charge in [-0.1, -0.05) is 30.3 Å². The molecule has 0 radical (unpaired) electrons. The summed E-state index contributed by atoms with van der Waals surface area (Å²) in [6, 6.07) is 12.9. The molecule has 0 spiro atoms. The van der Waals surface area contributed by atoms with Crippen LogP contribution in [-0.4, -0.2) is 7.05 Å². The second kappa shape index (κ2) is 5.33. The van der Waals surface area contributed by atoms with Gasteiger partial charge in [-0.25, -0.2) is 8.78 Å². The van der Waals surface area contributed by atoms with E-state index in [1.807, 2.05) is 19.2 Å². The maximum absolute atomic E-state index is 13.3. The van der Waals surface area contributed by atoms with E-state index in [1.54, 1.807) is 6.07 Å². The standard InChI is InChI=1S/C17H17F2N/c1-20-17-10-12(13-4-2-3-5-14(13)17)8-11-6-7-15(18)16(19)9-11/h2-7,9,12,17,20H,8,10H2,1H3/t12-,17+/m1/s1. The zero-order valence-electron chi connectivity index (χ0n) is 11.4. The number of benzene rings is 2. The molecule has 2 atom stereocenters. The molecule has 0 bridgehead atoms. The minimum atomic E-state index is -0.784. The number of hydrogen-bond acceptors (Lipinski definition) is 1. The fraction of sp³-hybridized carbons (Fsp3) is 0.294. The molecule has 1 nitrogen and oxygen atoms in total. The van der Waals surface area contributed by atoms with Crippen LogP contribution in [0, 0.1) is 11.6 Å². The molecule has 2 aromatic carbocycles. The van der Waals surface area contributed by atoms with Crippen molar-refractivity contribution in [1.29, 1.82) is 0 Å². The van der Waals surface area contributed by atoms with Crippen molar-refractivity contribution in [1.82, 2.24) is 5.32 Å². The summed E-state index contributed by atoms with van der Waals surface area (Å²) >= 11 is 0. The van der Waals surface area contributed by atoms with Crippen LogP contribution in [0.25, 0.3) is 0 Å². The van der Waals surface area contributed by atoms with Gasteiger partial charge in [0.1, 0.15) is 0 Å². The Morgan fingerprint density at radius 1 is 1.05 bits per heavy atom. The number of fused-ring (bicyclic) bond motifs is 1. The highest BCUT2D eigenvalue weighted by atomic mass is 19.2. The summed E-state index contributed by atoms with van der Waals surface area (Å²) < 4.78 is 26.3. The number of halogens is 2. The van der Waals surface area contributed by atoms with Crippen molar-refractivity contribution < 1.29 is 8.78 Å². The first-order chi connectivity index (χ1) is 9.69. The minimum absolute atomic E-state index is 0.349. The SMILES string of the molecule is CN[C@H]1C[C@@H](Cc2ccc(F)c(F)c2)c2ccccc21. The van der Waals surface area contributed by atoms with E-state index in [2.05, 4.69) is 17.4 Å². The van der Waals surface area contributed by atoms with Crippen LogP contribution < -0.4 is 5.32 Å². The largest absolute Gasteiger partial charge is 0.313 e. The lowest BCUT2D eigenvalue weighted by atomic mass is 9.93. The maximum Gasteiger partial charge on any atom is 0.159 e. The van der Waals surface area contributed by atoms with Crippen molar-refractivity contribution in [2.45, 2.75) is 24.8 Å². The van der Waals surface area contributed by atoms with Crippen molar-refractivity contribution in [2.24, 2.45) is 0 Å². The van der Waals surface area contributed by atoms with Gasteiger partial charge in [0.2, 0.25) is 0 Å². The predicted molar refractivity (Wildman–Crippen MR) is 75.7 cm³/mol. The molecule has 0 saturated carbocycles. The van der Waals surface area contributed by atoms with Gasteiger partial charge in [0.15, 0.2) is 11.6 Å². The number of nitrogens with one attached hydrogen (secondary N) is 1. The quantitative estimate of drug-likeness (QED) is 0.892. The Morgan fingerprint density at radius 3 is 2.50 bits per heavy atom.